The molecule has 2 N–H and O–H groups in total. The molecule has 400 valence electrons. The van der Waals surface area contributed by atoms with E-state index in [4.69, 9.17) is 29.0 Å². The average molecular weight is 1090 g/mol. The van der Waals surface area contributed by atoms with Gasteiger partial charge < -0.3 is 28.3 Å². The fourth-order valence-electron chi connectivity index (χ4n) is 7.11. The lowest BCUT2D eigenvalue weighted by Gasteiger charge is -2.05. The number of halogens is 4. The molecule has 25 nitrogen and oxygen atoms in total. The largest absolute Gasteiger partial charge is 0.475 e. The van der Waals surface area contributed by atoms with Gasteiger partial charge in [-0.25, -0.2) is 50.9 Å². The van der Waals surface area contributed by atoms with Crippen LogP contribution in [0, 0.1) is 34.6 Å². The molecule has 29 heteroatoms. The summed E-state index contributed by atoms with van der Waals surface area (Å²) in [5.41, 5.74) is 3.33. The van der Waals surface area contributed by atoms with Crippen molar-refractivity contribution >= 4 is 11.9 Å². The number of benzene rings is 4. The van der Waals surface area contributed by atoms with Crippen molar-refractivity contribution < 1.29 is 55.5 Å². The molecule has 12 aromatic rings. The Hall–Kier alpha value is -11.6. The number of hydrogen-bond acceptors (Lipinski definition) is 19. The zero-order valence-corrected chi connectivity index (χ0v) is 40.7. The Morgan fingerprint density at radius 1 is 0.475 bits per heavy atom. The minimum Gasteiger partial charge on any atom is -0.475 e. The smallest absolute Gasteiger partial charge is 0.375 e. The molecule has 80 heavy (non-hydrogen) atoms. The van der Waals surface area contributed by atoms with Crippen molar-refractivity contribution in [2.75, 3.05) is 0 Å². The Labute approximate surface area is 445 Å². The third-order valence-electron chi connectivity index (χ3n) is 10.8. The zero-order chi connectivity index (χ0) is 56.0. The molecule has 0 saturated carbocycles. The van der Waals surface area contributed by atoms with Crippen LogP contribution in [-0.2, 0) is 26.2 Å². The van der Waals surface area contributed by atoms with Gasteiger partial charge in [-0.05, 0) is 24.3 Å². The molecule has 12 rings (SSSR count). The summed E-state index contributed by atoms with van der Waals surface area (Å²) in [7, 11) is 0. The van der Waals surface area contributed by atoms with E-state index in [1.165, 1.54) is 77.1 Å². The van der Waals surface area contributed by atoms with Crippen LogP contribution >= 0.6 is 0 Å². The highest BCUT2D eigenvalue weighted by Crippen LogP contribution is 2.21. The van der Waals surface area contributed by atoms with Crippen molar-refractivity contribution in [1.29, 1.82) is 5.26 Å². The fraction of sp³-hybridized carbons (Fsp3) is 0.0784. The van der Waals surface area contributed by atoms with Crippen LogP contribution in [0.5, 0.6) is 0 Å². The maximum absolute atomic E-state index is 13.7. The molecule has 0 radical (unpaired) electrons. The number of rotatable bonds is 14. The molecular weight excluding hydrogens is 1050 g/mol. The number of aromatic carboxylic acids is 2. The molecule has 0 spiro atoms. The highest BCUT2D eigenvalue weighted by molar-refractivity contribution is 5.84. The molecular formula is C51H35F4N17O8. The number of nitrogens with zero attached hydrogens (tertiary/aromatic N) is 17. The third kappa shape index (κ3) is 13.1. The third-order valence-corrected chi connectivity index (χ3v) is 10.8. The maximum atomic E-state index is 13.7. The molecule has 0 aliphatic heterocycles. The lowest BCUT2D eigenvalue weighted by atomic mass is 10.2. The summed E-state index contributed by atoms with van der Waals surface area (Å²) in [5.74, 6) is -3.52. The van der Waals surface area contributed by atoms with Crippen LogP contribution in [-0.4, -0.2) is 102 Å². The summed E-state index contributed by atoms with van der Waals surface area (Å²) in [4.78, 5) is 38.1. The van der Waals surface area contributed by atoms with Gasteiger partial charge in [0, 0.05) is 46.5 Å². The van der Waals surface area contributed by atoms with Crippen molar-refractivity contribution in [2.45, 2.75) is 26.2 Å². The van der Waals surface area contributed by atoms with Crippen LogP contribution in [0.15, 0.2) is 171 Å². The molecule has 8 heterocycles. The topological polar surface area (TPSA) is 325 Å². The van der Waals surface area contributed by atoms with Gasteiger partial charge in [0.15, 0.2) is 34.4 Å². The fourth-order valence-corrected chi connectivity index (χ4v) is 7.11. The lowest BCUT2D eigenvalue weighted by Crippen LogP contribution is -2.12. The van der Waals surface area contributed by atoms with Crippen molar-refractivity contribution in [3.05, 3.63) is 216 Å². The minimum absolute atomic E-state index is 0.000612. The molecule has 0 bridgehead atoms. The molecule has 0 atom stereocenters. The van der Waals surface area contributed by atoms with E-state index in [-0.39, 0.29) is 60.4 Å². The van der Waals surface area contributed by atoms with Crippen LogP contribution < -0.4 is 0 Å². The van der Waals surface area contributed by atoms with Crippen LogP contribution in [0.3, 0.4) is 0 Å². The Bertz CT molecular complexity index is 4020. The van der Waals surface area contributed by atoms with E-state index in [9.17, 15) is 27.2 Å². The van der Waals surface area contributed by atoms with Crippen molar-refractivity contribution in [3.8, 4) is 52.1 Å². The van der Waals surface area contributed by atoms with Gasteiger partial charge in [-0.1, -0.05) is 93.4 Å². The van der Waals surface area contributed by atoms with Gasteiger partial charge >= 0.3 is 11.9 Å². The second-order valence-electron chi connectivity index (χ2n) is 16.1. The molecule has 0 aliphatic carbocycles. The van der Waals surface area contributed by atoms with Gasteiger partial charge in [0.25, 0.3) is 11.6 Å². The Morgan fingerprint density at radius 3 is 1.34 bits per heavy atom. The summed E-state index contributed by atoms with van der Waals surface area (Å²) < 4.78 is 78.7. The van der Waals surface area contributed by atoms with Crippen LogP contribution in [0.1, 0.15) is 49.3 Å². The second kappa shape index (κ2) is 24.8. The summed E-state index contributed by atoms with van der Waals surface area (Å²) in [6.45, 7) is 0.482. The number of hydrogen-bond donors (Lipinski definition) is 2. The van der Waals surface area contributed by atoms with Gasteiger partial charge in [0.2, 0.25) is 17.5 Å². The molecule has 8 aromatic heterocycles. The van der Waals surface area contributed by atoms with Gasteiger partial charge in [-0.2, -0.15) is 20.2 Å². The first-order chi connectivity index (χ1) is 38.9. The Balaban J connectivity index is 0.000000129. The lowest BCUT2D eigenvalue weighted by molar-refractivity contribution is 0.0669. The molecule has 4 aromatic carbocycles. The number of aromatic nitrogens is 16. The molecule has 0 fully saturated rings. The highest BCUT2D eigenvalue weighted by Gasteiger charge is 2.22. The normalized spacial score (nSPS) is 10.6. The van der Waals surface area contributed by atoms with E-state index in [0.717, 1.165) is 4.68 Å². The number of carboxylic acids is 2. The van der Waals surface area contributed by atoms with Crippen LogP contribution in [0.25, 0.3) is 46.1 Å². The van der Waals surface area contributed by atoms with Crippen LogP contribution in [0.2, 0.25) is 0 Å². The minimum atomic E-state index is -1.27. The zero-order valence-electron chi connectivity index (χ0n) is 40.7. The predicted octanol–water partition coefficient (Wildman–Crippen LogP) is 7.75. The molecule has 0 unspecified atom stereocenters. The first-order valence-electron chi connectivity index (χ1n) is 23.1. The Kier molecular flexibility index (Phi) is 16.5. The first kappa shape index (κ1) is 53.3. The second-order valence-corrected chi connectivity index (χ2v) is 16.1. The summed E-state index contributed by atoms with van der Waals surface area (Å²) in [5, 5.41) is 58.0. The van der Waals surface area contributed by atoms with E-state index in [1.807, 2.05) is 6.07 Å². The molecule has 0 saturated heterocycles. The van der Waals surface area contributed by atoms with E-state index in [1.54, 1.807) is 89.6 Å². The highest BCUT2D eigenvalue weighted by atomic mass is 19.1. The average Bonchev–Trinajstić information content (AvgIpc) is 4.34. The van der Waals surface area contributed by atoms with Gasteiger partial charge in [-0.15, -0.1) is 20.4 Å². The Morgan fingerprint density at radius 2 is 0.900 bits per heavy atom. The molecule has 0 amide bonds. The van der Waals surface area contributed by atoms with E-state index < -0.39 is 23.6 Å². The standard InChI is InChI=1S/C13H8FN5O.2C13H9FN4O3.C12H9FN4O/c14-10-4-2-1-3-9(10)8-19-13(11-5-6-20-18-11)16-12(7-15)17-19;14-9-4-2-1-3-8(9)7-18-12(10-5-6-21-17-10)15-11(16-18)13(19)20;14-9-4-2-1-3-8(9)7-18-12(13(19)20)15-11(16-18)10-5-6-21-17-10;13-10-4-2-1-3-9(10)7-17-8-14-12(15-17)11-5-6-18-16-11/h1-6H,8H2;2*1-6H,7H2,(H,19,20);1-6,8H,7H2. The molecule has 0 aliphatic rings. The monoisotopic (exact) mass is 1090 g/mol. The maximum Gasteiger partial charge on any atom is 0.375 e. The summed E-state index contributed by atoms with van der Waals surface area (Å²) in [6.07, 6.45) is 7.04. The summed E-state index contributed by atoms with van der Waals surface area (Å²) in [6, 6.07) is 33.3. The van der Waals surface area contributed by atoms with Crippen molar-refractivity contribution in [1.82, 2.24) is 79.7 Å². The predicted molar refractivity (Wildman–Crippen MR) is 263 cm³/mol. The van der Waals surface area contributed by atoms with E-state index in [2.05, 4.69) is 65.5 Å². The first-order valence-corrected chi connectivity index (χ1v) is 23.1. The number of carbonyl (C=O) groups is 2. The SMILES string of the molecule is Fc1ccccc1Cn1cnc(-c2ccon2)n1.N#Cc1nc(-c2ccon2)n(Cc2ccccc2F)n1.O=C(O)c1nc(-c2ccon2)n(Cc2ccccc2F)n1.O=C(O)c1nc(-c2ccon2)nn1Cc1ccccc1F. The number of nitriles is 1. The van der Waals surface area contributed by atoms with Crippen LogP contribution in [0.4, 0.5) is 17.6 Å². The van der Waals surface area contributed by atoms with E-state index >= 15 is 0 Å². The quantitative estimate of drug-likeness (QED) is 0.0982. The summed E-state index contributed by atoms with van der Waals surface area (Å²) >= 11 is 0. The van der Waals surface area contributed by atoms with Gasteiger partial charge in [0.05, 0.1) is 26.2 Å². The van der Waals surface area contributed by atoms with Gasteiger partial charge in [-0.3, -0.25) is 0 Å². The van der Waals surface area contributed by atoms with Gasteiger partial charge in [0.1, 0.15) is 60.7 Å². The van der Waals surface area contributed by atoms with Crippen molar-refractivity contribution in [3.63, 3.8) is 0 Å². The van der Waals surface area contributed by atoms with Crippen molar-refractivity contribution in [2.24, 2.45) is 0 Å². The van der Waals surface area contributed by atoms with E-state index in [0.29, 0.717) is 63.2 Å². The number of carboxylic acid groups (broad SMARTS) is 2.